The Hall–Kier alpha value is -0.900. The molecule has 0 radical (unpaired) electrons. The first-order valence-corrected chi connectivity index (χ1v) is 4.21. The van der Waals surface area contributed by atoms with Crippen LogP contribution in [0.25, 0.3) is 0 Å². The Morgan fingerprint density at radius 2 is 2.33 bits per heavy atom. The Morgan fingerprint density at radius 1 is 1.67 bits per heavy atom. The molecule has 4 nitrogen and oxygen atoms in total. The van der Waals surface area contributed by atoms with E-state index < -0.39 is 0 Å². The molecule has 0 saturated heterocycles. The van der Waals surface area contributed by atoms with Gasteiger partial charge in [-0.2, -0.15) is 0 Å². The van der Waals surface area contributed by atoms with Crippen LogP contribution in [0.5, 0.6) is 0 Å². The van der Waals surface area contributed by atoms with Crippen molar-refractivity contribution >= 4 is 0 Å². The van der Waals surface area contributed by atoms with E-state index in [1.165, 1.54) is 0 Å². The molecule has 0 amide bonds. The molecule has 1 heterocycles. The van der Waals surface area contributed by atoms with Gasteiger partial charge in [-0.3, -0.25) is 4.90 Å². The normalized spacial score (nSPS) is 13.8. The van der Waals surface area contributed by atoms with Gasteiger partial charge < -0.3 is 4.57 Å². The number of hydrogen-bond acceptors (Lipinski definition) is 3. The summed E-state index contributed by atoms with van der Waals surface area (Å²) >= 11 is 0. The summed E-state index contributed by atoms with van der Waals surface area (Å²) in [5.74, 6) is 1.01. The van der Waals surface area contributed by atoms with E-state index in [0.29, 0.717) is 6.04 Å². The van der Waals surface area contributed by atoms with E-state index in [-0.39, 0.29) is 0 Å². The number of aromatic nitrogens is 3. The zero-order valence-electron chi connectivity index (χ0n) is 8.15. The monoisotopic (exact) mass is 168 g/mol. The third-order valence-electron chi connectivity index (χ3n) is 2.28. The Labute approximate surface area is 73.2 Å². The fourth-order valence-electron chi connectivity index (χ4n) is 1.14. The first-order chi connectivity index (χ1) is 5.66. The Kier molecular flexibility index (Phi) is 2.81. The highest BCUT2D eigenvalue weighted by molar-refractivity contribution is 4.92. The summed E-state index contributed by atoms with van der Waals surface area (Å²) in [6.45, 7) is 5.29. The molecule has 1 atom stereocenters. The van der Waals surface area contributed by atoms with Crippen molar-refractivity contribution in [1.82, 2.24) is 19.7 Å². The third-order valence-corrected chi connectivity index (χ3v) is 2.28. The van der Waals surface area contributed by atoms with Crippen LogP contribution in [0.3, 0.4) is 0 Å². The van der Waals surface area contributed by atoms with Crippen molar-refractivity contribution in [2.45, 2.75) is 19.9 Å². The van der Waals surface area contributed by atoms with Gasteiger partial charge in [-0.1, -0.05) is 6.92 Å². The molecule has 0 bridgehead atoms. The van der Waals surface area contributed by atoms with E-state index in [0.717, 1.165) is 12.4 Å². The molecule has 0 aliphatic carbocycles. The molecular formula is C8H16N4. The van der Waals surface area contributed by atoms with Gasteiger partial charge in [0.1, 0.15) is 12.2 Å². The lowest BCUT2D eigenvalue weighted by Crippen LogP contribution is -2.24. The molecule has 0 aliphatic heterocycles. The van der Waals surface area contributed by atoms with Crippen LogP contribution < -0.4 is 0 Å². The van der Waals surface area contributed by atoms with Crippen molar-refractivity contribution < 1.29 is 0 Å². The van der Waals surface area contributed by atoms with E-state index >= 15 is 0 Å². The van der Waals surface area contributed by atoms with E-state index in [4.69, 9.17) is 0 Å². The van der Waals surface area contributed by atoms with Gasteiger partial charge in [0.2, 0.25) is 0 Å². The molecule has 4 heteroatoms. The molecule has 1 rings (SSSR count). The summed E-state index contributed by atoms with van der Waals surface area (Å²) in [5, 5.41) is 7.90. The van der Waals surface area contributed by atoms with Crippen LogP contribution in [0, 0.1) is 0 Å². The average Bonchev–Trinajstić information content (AvgIpc) is 2.48. The number of hydrogen-bond donors (Lipinski definition) is 0. The first-order valence-electron chi connectivity index (χ1n) is 4.21. The molecule has 0 fully saturated rings. The maximum Gasteiger partial charge on any atom is 0.149 e. The molecule has 1 aromatic rings. The second-order valence-corrected chi connectivity index (χ2v) is 3.05. The van der Waals surface area contributed by atoms with Gasteiger partial charge in [0.25, 0.3) is 0 Å². The minimum Gasteiger partial charge on any atom is -0.319 e. The van der Waals surface area contributed by atoms with Gasteiger partial charge >= 0.3 is 0 Å². The lowest BCUT2D eigenvalue weighted by molar-refractivity contribution is 0.261. The molecule has 0 aromatic carbocycles. The van der Waals surface area contributed by atoms with Crippen LogP contribution in [0.15, 0.2) is 6.33 Å². The molecule has 1 aromatic heterocycles. The predicted octanol–water partition coefficient (Wildman–Crippen LogP) is 0.828. The van der Waals surface area contributed by atoms with Crippen molar-refractivity contribution in [2.75, 3.05) is 13.6 Å². The Bertz CT molecular complexity index is 243. The van der Waals surface area contributed by atoms with E-state index in [1.54, 1.807) is 6.33 Å². The lowest BCUT2D eigenvalue weighted by Gasteiger charge is -2.21. The summed E-state index contributed by atoms with van der Waals surface area (Å²) in [4.78, 5) is 2.23. The van der Waals surface area contributed by atoms with Crippen LogP contribution in [-0.4, -0.2) is 33.3 Å². The summed E-state index contributed by atoms with van der Waals surface area (Å²) < 4.78 is 1.96. The Morgan fingerprint density at radius 3 is 2.75 bits per heavy atom. The SMILES string of the molecule is CCN(C)C(C)c1nncn1C. The van der Waals surface area contributed by atoms with Gasteiger partial charge in [0.15, 0.2) is 0 Å². The van der Waals surface area contributed by atoms with E-state index in [2.05, 4.69) is 36.0 Å². The highest BCUT2D eigenvalue weighted by Gasteiger charge is 2.14. The molecule has 12 heavy (non-hydrogen) atoms. The fraction of sp³-hybridized carbons (Fsp3) is 0.750. The van der Waals surface area contributed by atoms with Crippen molar-refractivity contribution in [3.05, 3.63) is 12.2 Å². The van der Waals surface area contributed by atoms with Crippen molar-refractivity contribution in [2.24, 2.45) is 7.05 Å². The second kappa shape index (κ2) is 3.67. The predicted molar refractivity (Wildman–Crippen MR) is 47.7 cm³/mol. The highest BCUT2D eigenvalue weighted by Crippen LogP contribution is 2.13. The molecule has 0 aliphatic rings. The van der Waals surface area contributed by atoms with Gasteiger partial charge in [0, 0.05) is 7.05 Å². The van der Waals surface area contributed by atoms with Gasteiger partial charge in [0.05, 0.1) is 6.04 Å². The molecule has 0 N–H and O–H groups in total. The van der Waals surface area contributed by atoms with Gasteiger partial charge in [-0.25, -0.2) is 0 Å². The topological polar surface area (TPSA) is 34.0 Å². The molecule has 1 unspecified atom stereocenters. The Balaban J connectivity index is 2.77. The van der Waals surface area contributed by atoms with E-state index in [1.807, 2.05) is 11.6 Å². The quantitative estimate of drug-likeness (QED) is 0.670. The summed E-state index contributed by atoms with van der Waals surface area (Å²) in [6, 6.07) is 0.336. The average molecular weight is 168 g/mol. The maximum atomic E-state index is 4.06. The summed E-state index contributed by atoms with van der Waals surface area (Å²) in [7, 11) is 4.05. The lowest BCUT2D eigenvalue weighted by atomic mass is 10.3. The summed E-state index contributed by atoms with van der Waals surface area (Å²) in [6.07, 6.45) is 1.73. The van der Waals surface area contributed by atoms with Crippen LogP contribution in [0.2, 0.25) is 0 Å². The van der Waals surface area contributed by atoms with Crippen LogP contribution in [0.4, 0.5) is 0 Å². The smallest absolute Gasteiger partial charge is 0.149 e. The molecule has 68 valence electrons. The van der Waals surface area contributed by atoms with Crippen molar-refractivity contribution in [1.29, 1.82) is 0 Å². The van der Waals surface area contributed by atoms with Crippen LogP contribution in [-0.2, 0) is 7.05 Å². The van der Waals surface area contributed by atoms with Crippen LogP contribution >= 0.6 is 0 Å². The highest BCUT2D eigenvalue weighted by atomic mass is 15.3. The summed E-state index contributed by atoms with van der Waals surface area (Å²) in [5.41, 5.74) is 0. The standard InChI is InChI=1S/C8H16N4/c1-5-11(3)7(2)8-10-9-6-12(8)4/h6-7H,5H2,1-4H3. The van der Waals surface area contributed by atoms with Crippen LogP contribution in [0.1, 0.15) is 25.7 Å². The first kappa shape index (κ1) is 9.19. The number of rotatable bonds is 3. The largest absolute Gasteiger partial charge is 0.319 e. The fourth-order valence-corrected chi connectivity index (χ4v) is 1.14. The zero-order chi connectivity index (χ0) is 9.14. The maximum absolute atomic E-state index is 4.06. The zero-order valence-corrected chi connectivity index (χ0v) is 8.15. The van der Waals surface area contributed by atoms with Crippen molar-refractivity contribution in [3.8, 4) is 0 Å². The second-order valence-electron chi connectivity index (χ2n) is 3.05. The number of nitrogens with zero attached hydrogens (tertiary/aromatic N) is 4. The molecular weight excluding hydrogens is 152 g/mol. The molecule has 0 saturated carbocycles. The number of aryl methyl sites for hydroxylation is 1. The third kappa shape index (κ3) is 1.64. The molecule has 0 spiro atoms. The minimum atomic E-state index is 0.336. The minimum absolute atomic E-state index is 0.336. The van der Waals surface area contributed by atoms with Gasteiger partial charge in [-0.05, 0) is 20.5 Å². The van der Waals surface area contributed by atoms with Gasteiger partial charge in [-0.15, -0.1) is 10.2 Å². The van der Waals surface area contributed by atoms with E-state index in [9.17, 15) is 0 Å². The van der Waals surface area contributed by atoms with Crippen molar-refractivity contribution in [3.63, 3.8) is 0 Å².